The molecule has 4 heterocycles. The third-order valence-electron chi connectivity index (χ3n) is 11.4. The highest BCUT2D eigenvalue weighted by Crippen LogP contribution is 2.38. The smallest absolute Gasteiger partial charge is 0.249 e. The van der Waals surface area contributed by atoms with E-state index in [1.165, 1.54) is 6.20 Å². The number of para-hydroxylation sites is 2. The van der Waals surface area contributed by atoms with Crippen LogP contribution in [0, 0.1) is 6.92 Å². The van der Waals surface area contributed by atoms with Crippen LogP contribution in [0.25, 0.3) is 0 Å². The van der Waals surface area contributed by atoms with Crippen molar-refractivity contribution in [2.45, 2.75) is 95.2 Å². The maximum absolute atomic E-state index is 13.1. The summed E-state index contributed by atoms with van der Waals surface area (Å²) in [6, 6.07) is 19.1. The fourth-order valence-electron chi connectivity index (χ4n) is 8.12. The van der Waals surface area contributed by atoms with Crippen molar-refractivity contribution >= 4 is 67.8 Å². The largest absolute Gasteiger partial charge is 0.489 e. The predicted octanol–water partition coefficient (Wildman–Crippen LogP) is 6.90. The topological polar surface area (TPSA) is 161 Å². The number of amides is 2. The van der Waals surface area contributed by atoms with Crippen LogP contribution in [0.5, 0.6) is 5.75 Å². The number of nitrogens with zero attached hydrogens (tertiary/aromatic N) is 5. The van der Waals surface area contributed by atoms with Gasteiger partial charge >= 0.3 is 0 Å². The normalized spacial score (nSPS) is 18.5. The molecule has 4 aromatic rings. The first-order chi connectivity index (χ1) is 28.7. The Hall–Kier alpha value is -4.96. The lowest BCUT2D eigenvalue weighted by Crippen LogP contribution is -2.53. The van der Waals surface area contributed by atoms with E-state index >= 15 is 0 Å². The number of aryl methyl sites for hydroxylation is 1. The first kappa shape index (κ1) is 43.1. The van der Waals surface area contributed by atoms with E-state index in [1.807, 2.05) is 32.0 Å². The van der Waals surface area contributed by atoms with E-state index < -0.39 is 21.1 Å². The van der Waals surface area contributed by atoms with Gasteiger partial charge in [0.15, 0.2) is 15.7 Å². The molecular formula is C44H56ClN9O5S. The van der Waals surface area contributed by atoms with Crippen LogP contribution in [0.3, 0.4) is 0 Å². The van der Waals surface area contributed by atoms with Crippen LogP contribution in [-0.4, -0.2) is 103 Å². The number of ether oxygens (including phenoxy) is 1. The second kappa shape index (κ2) is 18.8. The molecule has 320 valence electrons. The summed E-state index contributed by atoms with van der Waals surface area (Å²) in [7, 11) is -3.57. The molecule has 1 aromatic heterocycles. The number of benzene rings is 3. The van der Waals surface area contributed by atoms with Gasteiger partial charge in [-0.3, -0.25) is 24.7 Å². The SMILES string of the molecule is Cc1cc(Nc2ncc(Cl)c(Nc3ccccc3S(=O)(=O)C(C)C)n2)c(OC(C)C)cc1N1CCC(N2CCN(Cc3ccccc3NC3CCC(=O)NC3=O)CC2)CC1. The number of anilines is 6. The minimum Gasteiger partial charge on any atom is -0.489 e. The molecule has 0 bridgehead atoms. The van der Waals surface area contributed by atoms with Crippen molar-refractivity contribution in [3.05, 3.63) is 83.0 Å². The van der Waals surface area contributed by atoms with Crippen LogP contribution < -0.4 is 30.9 Å². The quantitative estimate of drug-likeness (QED) is 0.0971. The number of piperidine rings is 2. The summed E-state index contributed by atoms with van der Waals surface area (Å²) in [6.45, 7) is 16.0. The predicted molar refractivity (Wildman–Crippen MR) is 238 cm³/mol. The van der Waals surface area contributed by atoms with Gasteiger partial charge in [0.2, 0.25) is 17.8 Å². The molecule has 60 heavy (non-hydrogen) atoms. The molecule has 3 saturated heterocycles. The minimum atomic E-state index is -3.57. The minimum absolute atomic E-state index is 0.0802. The van der Waals surface area contributed by atoms with Gasteiger partial charge < -0.3 is 25.6 Å². The van der Waals surface area contributed by atoms with E-state index in [0.717, 1.165) is 81.2 Å². The van der Waals surface area contributed by atoms with Gasteiger partial charge in [-0.1, -0.05) is 41.9 Å². The van der Waals surface area contributed by atoms with Gasteiger partial charge in [-0.2, -0.15) is 4.98 Å². The number of piperazine rings is 1. The van der Waals surface area contributed by atoms with Gasteiger partial charge in [0, 0.05) is 75.7 Å². The molecule has 1 unspecified atom stereocenters. The highest BCUT2D eigenvalue weighted by atomic mass is 35.5. The fourth-order valence-corrected chi connectivity index (χ4v) is 9.46. The number of imide groups is 1. The molecule has 7 rings (SSSR count). The van der Waals surface area contributed by atoms with Crippen molar-refractivity contribution in [3.63, 3.8) is 0 Å². The summed E-state index contributed by atoms with van der Waals surface area (Å²) < 4.78 is 32.5. The Morgan fingerprint density at radius 1 is 0.883 bits per heavy atom. The Morgan fingerprint density at radius 2 is 1.58 bits per heavy atom. The van der Waals surface area contributed by atoms with Crippen molar-refractivity contribution in [3.8, 4) is 5.75 Å². The summed E-state index contributed by atoms with van der Waals surface area (Å²) in [5.74, 6) is 0.762. The molecule has 0 saturated carbocycles. The van der Waals surface area contributed by atoms with Crippen molar-refractivity contribution < 1.29 is 22.7 Å². The summed E-state index contributed by atoms with van der Waals surface area (Å²) in [5.41, 5.74) is 5.42. The zero-order chi connectivity index (χ0) is 42.6. The van der Waals surface area contributed by atoms with E-state index in [1.54, 1.807) is 38.1 Å². The number of aromatic nitrogens is 2. The molecule has 0 aliphatic carbocycles. The van der Waals surface area contributed by atoms with E-state index in [2.05, 4.69) is 71.1 Å². The summed E-state index contributed by atoms with van der Waals surface area (Å²) in [5, 5.41) is 11.9. The third kappa shape index (κ3) is 10.1. The molecule has 4 N–H and O–H groups in total. The van der Waals surface area contributed by atoms with Gasteiger partial charge in [0.05, 0.1) is 33.8 Å². The van der Waals surface area contributed by atoms with Crippen LogP contribution in [0.2, 0.25) is 5.02 Å². The zero-order valence-electron chi connectivity index (χ0n) is 35.0. The molecule has 3 aromatic carbocycles. The number of hydrogen-bond donors (Lipinski definition) is 4. The molecule has 2 amide bonds. The van der Waals surface area contributed by atoms with Crippen LogP contribution in [0.4, 0.5) is 34.5 Å². The van der Waals surface area contributed by atoms with Crippen molar-refractivity contribution in [1.29, 1.82) is 0 Å². The highest BCUT2D eigenvalue weighted by Gasteiger charge is 2.30. The molecule has 3 aliphatic heterocycles. The molecule has 16 heteroatoms. The van der Waals surface area contributed by atoms with Crippen molar-refractivity contribution in [1.82, 2.24) is 25.1 Å². The maximum Gasteiger partial charge on any atom is 0.249 e. The number of nitrogens with one attached hydrogen (secondary N) is 4. The van der Waals surface area contributed by atoms with E-state index in [0.29, 0.717) is 36.0 Å². The highest BCUT2D eigenvalue weighted by molar-refractivity contribution is 7.92. The molecule has 3 fully saturated rings. The first-order valence-electron chi connectivity index (χ1n) is 20.9. The number of rotatable bonds is 14. The van der Waals surface area contributed by atoms with Crippen LogP contribution in [0.1, 0.15) is 64.5 Å². The summed E-state index contributed by atoms with van der Waals surface area (Å²) >= 11 is 6.53. The zero-order valence-corrected chi connectivity index (χ0v) is 36.6. The Kier molecular flexibility index (Phi) is 13.5. The number of carbonyl (C=O) groups is 2. The Morgan fingerprint density at radius 3 is 2.28 bits per heavy atom. The molecule has 3 aliphatic rings. The van der Waals surface area contributed by atoms with Gasteiger partial charge in [-0.25, -0.2) is 13.4 Å². The van der Waals surface area contributed by atoms with Crippen LogP contribution in [0.15, 0.2) is 71.8 Å². The molecular weight excluding hydrogens is 802 g/mol. The Bertz CT molecular complexity index is 2290. The standard InChI is InChI=1S/C44H56ClN9O5S/c1-28(2)59-39-25-38(30(5)24-37(39)49-44-46-26-33(45)42(51-44)48-35-12-8-9-13-40(35)60(57,58)29(3)4)54-18-16-32(17-19-54)53-22-20-52(21-23-53)27-31-10-6-7-11-34(31)47-36-14-15-41(55)50-43(36)56/h6-13,24-26,28-29,32,36,47H,14-23,27H2,1-5H3,(H,50,55,56)(H2,46,48,49,51). The monoisotopic (exact) mass is 857 g/mol. The van der Waals surface area contributed by atoms with E-state index in [4.69, 9.17) is 16.3 Å². The average Bonchev–Trinajstić information content (AvgIpc) is 3.22. The van der Waals surface area contributed by atoms with Gasteiger partial charge in [0.1, 0.15) is 16.8 Å². The lowest BCUT2D eigenvalue weighted by atomic mass is 10.00. The van der Waals surface area contributed by atoms with Crippen molar-refractivity contribution in [2.75, 3.05) is 60.1 Å². The number of carbonyl (C=O) groups excluding carboxylic acids is 2. The number of halogens is 1. The molecule has 14 nitrogen and oxygen atoms in total. The molecule has 0 spiro atoms. The average molecular weight is 859 g/mol. The maximum atomic E-state index is 13.1. The lowest BCUT2D eigenvalue weighted by Gasteiger charge is -2.43. The number of hydrogen-bond acceptors (Lipinski definition) is 13. The Labute approximate surface area is 358 Å². The lowest BCUT2D eigenvalue weighted by molar-refractivity contribution is -0.133. The van der Waals surface area contributed by atoms with E-state index in [-0.39, 0.29) is 39.6 Å². The first-order valence-corrected chi connectivity index (χ1v) is 22.8. The van der Waals surface area contributed by atoms with Crippen LogP contribution >= 0.6 is 11.6 Å². The third-order valence-corrected chi connectivity index (χ3v) is 13.9. The second-order valence-electron chi connectivity index (χ2n) is 16.4. The summed E-state index contributed by atoms with van der Waals surface area (Å²) in [4.78, 5) is 40.9. The van der Waals surface area contributed by atoms with E-state index in [9.17, 15) is 18.0 Å². The number of sulfone groups is 1. The van der Waals surface area contributed by atoms with Crippen molar-refractivity contribution in [2.24, 2.45) is 0 Å². The molecule has 1 atom stereocenters. The Balaban J connectivity index is 0.968. The summed E-state index contributed by atoms with van der Waals surface area (Å²) in [6.07, 6.45) is 4.38. The van der Waals surface area contributed by atoms with Crippen LogP contribution in [-0.2, 0) is 26.0 Å². The van der Waals surface area contributed by atoms with Gasteiger partial charge in [-0.15, -0.1) is 0 Å². The second-order valence-corrected chi connectivity index (χ2v) is 19.2. The van der Waals surface area contributed by atoms with Gasteiger partial charge in [0.25, 0.3) is 0 Å². The van der Waals surface area contributed by atoms with Gasteiger partial charge in [-0.05, 0) is 89.3 Å². The fraction of sp³-hybridized carbons (Fsp3) is 0.455. The molecule has 0 radical (unpaired) electrons.